The zero-order valence-corrected chi connectivity index (χ0v) is 18.6. The van der Waals surface area contributed by atoms with E-state index in [0.29, 0.717) is 12.2 Å². The Bertz CT molecular complexity index is 1090. The van der Waals surface area contributed by atoms with Crippen LogP contribution in [-0.2, 0) is 23.0 Å². The number of aryl methyl sites for hydroxylation is 3. The molecular weight excluding hydrogens is 412 g/mol. The van der Waals surface area contributed by atoms with Gasteiger partial charge in [-0.25, -0.2) is 18.1 Å². The van der Waals surface area contributed by atoms with E-state index in [-0.39, 0.29) is 24.1 Å². The van der Waals surface area contributed by atoms with Crippen molar-refractivity contribution in [2.75, 3.05) is 11.9 Å². The van der Waals surface area contributed by atoms with Gasteiger partial charge in [0.2, 0.25) is 10.0 Å². The Balaban J connectivity index is 1.58. The summed E-state index contributed by atoms with van der Waals surface area (Å²) in [6.45, 7) is 4.13. The van der Waals surface area contributed by atoms with E-state index < -0.39 is 10.0 Å². The summed E-state index contributed by atoms with van der Waals surface area (Å²) in [6.07, 6.45) is 6.30. The van der Waals surface area contributed by atoms with Crippen molar-refractivity contribution in [3.05, 3.63) is 83.3 Å². The molecule has 0 aliphatic carbocycles. The number of nitrogens with one attached hydrogen (secondary N) is 2. The maximum atomic E-state index is 12.6. The van der Waals surface area contributed by atoms with E-state index in [0.717, 1.165) is 28.7 Å². The lowest BCUT2D eigenvalue weighted by Crippen LogP contribution is -2.26. The molecule has 0 aliphatic heterocycles. The number of aliphatic hydroxyl groups excluding tert-OH is 1. The first-order valence-electron chi connectivity index (χ1n) is 10.2. The number of nitrogens with zero attached hydrogens (tertiary/aromatic N) is 2. The molecule has 0 saturated carbocycles. The van der Waals surface area contributed by atoms with Gasteiger partial charge in [-0.3, -0.25) is 4.98 Å². The summed E-state index contributed by atoms with van der Waals surface area (Å²) in [5, 5.41) is 12.8. The number of aliphatic hydroxyl groups is 1. The predicted octanol–water partition coefficient (Wildman–Crippen LogP) is 2.98. The van der Waals surface area contributed by atoms with E-state index in [1.165, 1.54) is 12.3 Å². The summed E-state index contributed by atoms with van der Waals surface area (Å²) < 4.78 is 27.9. The molecule has 1 atom stereocenters. The Hall–Kier alpha value is -2.81. The Labute approximate surface area is 183 Å². The Morgan fingerprint density at radius 1 is 1.06 bits per heavy atom. The molecule has 1 aromatic carbocycles. The minimum Gasteiger partial charge on any atom is -0.394 e. The summed E-state index contributed by atoms with van der Waals surface area (Å²) in [5.41, 5.74) is 4.25. The molecule has 0 spiro atoms. The topological polar surface area (TPSA) is 104 Å². The molecule has 0 saturated heterocycles. The molecule has 1 unspecified atom stereocenters. The van der Waals surface area contributed by atoms with E-state index >= 15 is 0 Å². The average molecular weight is 441 g/mol. The highest BCUT2D eigenvalue weighted by atomic mass is 32.2. The third kappa shape index (κ3) is 6.58. The van der Waals surface area contributed by atoms with E-state index in [2.05, 4.69) is 20.0 Å². The first kappa shape index (κ1) is 22.9. The van der Waals surface area contributed by atoms with Crippen molar-refractivity contribution >= 4 is 15.8 Å². The van der Waals surface area contributed by atoms with Crippen LogP contribution in [0.4, 0.5) is 5.82 Å². The number of anilines is 1. The molecule has 3 N–H and O–H groups in total. The van der Waals surface area contributed by atoms with E-state index in [1.54, 1.807) is 18.5 Å². The molecule has 2 heterocycles. The first-order valence-corrected chi connectivity index (χ1v) is 11.6. The molecule has 0 fully saturated rings. The molecule has 0 radical (unpaired) electrons. The molecule has 164 valence electrons. The van der Waals surface area contributed by atoms with Crippen molar-refractivity contribution < 1.29 is 13.5 Å². The zero-order chi connectivity index (χ0) is 22.3. The van der Waals surface area contributed by atoms with Crippen LogP contribution in [0.5, 0.6) is 0 Å². The molecule has 3 rings (SSSR count). The van der Waals surface area contributed by atoms with Gasteiger partial charge in [0.05, 0.1) is 12.6 Å². The fraction of sp³-hybridized carbons (Fsp3) is 0.304. The summed E-state index contributed by atoms with van der Waals surface area (Å²) in [7, 11) is -3.68. The van der Waals surface area contributed by atoms with Gasteiger partial charge in [-0.1, -0.05) is 23.8 Å². The predicted molar refractivity (Wildman–Crippen MR) is 121 cm³/mol. The monoisotopic (exact) mass is 440 g/mol. The van der Waals surface area contributed by atoms with Gasteiger partial charge in [-0.15, -0.1) is 0 Å². The van der Waals surface area contributed by atoms with E-state index in [1.807, 2.05) is 44.2 Å². The highest BCUT2D eigenvalue weighted by Gasteiger charge is 2.16. The molecule has 0 aliphatic rings. The number of rotatable bonds is 10. The van der Waals surface area contributed by atoms with Gasteiger partial charge in [0, 0.05) is 25.1 Å². The lowest BCUT2D eigenvalue weighted by Gasteiger charge is -2.17. The molecular formula is C23H28N4O3S. The maximum Gasteiger partial charge on any atom is 0.242 e. The van der Waals surface area contributed by atoms with Crippen LogP contribution >= 0.6 is 0 Å². The second-order valence-electron chi connectivity index (χ2n) is 7.55. The Morgan fingerprint density at radius 3 is 2.48 bits per heavy atom. The Kier molecular flexibility index (Phi) is 7.73. The maximum absolute atomic E-state index is 12.6. The largest absolute Gasteiger partial charge is 0.394 e. The highest BCUT2D eigenvalue weighted by molar-refractivity contribution is 7.89. The summed E-state index contributed by atoms with van der Waals surface area (Å²) in [6, 6.07) is 12.7. The quantitative estimate of drug-likeness (QED) is 0.448. The van der Waals surface area contributed by atoms with Gasteiger partial charge < -0.3 is 10.4 Å². The molecule has 2 aromatic heterocycles. The third-order valence-electron chi connectivity index (χ3n) is 5.10. The van der Waals surface area contributed by atoms with Gasteiger partial charge in [0.15, 0.2) is 0 Å². The number of sulfonamides is 1. The molecule has 0 amide bonds. The number of hydrogen-bond acceptors (Lipinski definition) is 6. The lowest BCUT2D eigenvalue weighted by molar-refractivity contribution is 0.269. The second kappa shape index (κ2) is 10.5. The third-order valence-corrected chi connectivity index (χ3v) is 6.49. The van der Waals surface area contributed by atoms with Crippen LogP contribution in [0.15, 0.2) is 66.0 Å². The van der Waals surface area contributed by atoms with Crippen molar-refractivity contribution in [1.29, 1.82) is 0 Å². The Morgan fingerprint density at radius 2 is 1.84 bits per heavy atom. The van der Waals surface area contributed by atoms with Crippen molar-refractivity contribution in [3.63, 3.8) is 0 Å². The smallest absolute Gasteiger partial charge is 0.242 e. The van der Waals surface area contributed by atoms with Crippen LogP contribution < -0.4 is 10.0 Å². The molecule has 31 heavy (non-hydrogen) atoms. The van der Waals surface area contributed by atoms with Crippen molar-refractivity contribution in [2.24, 2.45) is 0 Å². The number of pyridine rings is 2. The van der Waals surface area contributed by atoms with Crippen LogP contribution in [0.2, 0.25) is 0 Å². The molecule has 8 heteroatoms. The fourth-order valence-corrected chi connectivity index (χ4v) is 4.18. The van der Waals surface area contributed by atoms with Crippen molar-refractivity contribution in [3.8, 4) is 0 Å². The van der Waals surface area contributed by atoms with Crippen LogP contribution in [-0.4, -0.2) is 36.1 Å². The van der Waals surface area contributed by atoms with Gasteiger partial charge in [0.1, 0.15) is 10.7 Å². The van der Waals surface area contributed by atoms with E-state index in [9.17, 15) is 13.5 Å². The summed E-state index contributed by atoms with van der Waals surface area (Å²) >= 11 is 0. The van der Waals surface area contributed by atoms with E-state index in [4.69, 9.17) is 0 Å². The lowest BCUT2D eigenvalue weighted by atomic mass is 10.1. The van der Waals surface area contributed by atoms with Gasteiger partial charge in [0.25, 0.3) is 0 Å². The number of benzene rings is 1. The summed E-state index contributed by atoms with van der Waals surface area (Å²) in [4.78, 5) is 8.32. The SMILES string of the molecule is Cc1ccc(CNS(=O)(=O)c2ccc(NC(CO)CCc3ccncc3)nc2)c(C)c1. The van der Waals surface area contributed by atoms with Crippen LogP contribution in [0.25, 0.3) is 0 Å². The van der Waals surface area contributed by atoms with Crippen LogP contribution in [0.1, 0.15) is 28.7 Å². The fourth-order valence-electron chi connectivity index (χ4n) is 3.23. The average Bonchev–Trinajstić information content (AvgIpc) is 2.77. The zero-order valence-electron chi connectivity index (χ0n) is 17.7. The minimum atomic E-state index is -3.68. The van der Waals surface area contributed by atoms with Gasteiger partial charge in [-0.2, -0.15) is 0 Å². The molecule has 7 nitrogen and oxygen atoms in total. The number of aromatic nitrogens is 2. The second-order valence-corrected chi connectivity index (χ2v) is 9.32. The van der Waals surface area contributed by atoms with Crippen LogP contribution in [0, 0.1) is 13.8 Å². The first-order chi connectivity index (χ1) is 14.9. The number of hydrogen-bond donors (Lipinski definition) is 3. The van der Waals surface area contributed by atoms with Crippen molar-refractivity contribution in [1.82, 2.24) is 14.7 Å². The summed E-state index contributed by atoms with van der Waals surface area (Å²) in [5.74, 6) is 0.516. The van der Waals surface area contributed by atoms with Gasteiger partial charge in [-0.05, 0) is 67.6 Å². The minimum absolute atomic E-state index is 0.0513. The molecule has 0 bridgehead atoms. The van der Waals surface area contributed by atoms with Crippen LogP contribution in [0.3, 0.4) is 0 Å². The normalized spacial score (nSPS) is 12.5. The standard InChI is InChI=1S/C23H28N4O3S/c1-17-3-5-20(18(2)13-17)14-26-31(29,30)22-7-8-23(25-15-22)27-21(16-28)6-4-19-9-11-24-12-10-19/h3,5,7-13,15,21,26,28H,4,6,14,16H2,1-2H3,(H,25,27). The molecule has 3 aromatic rings. The van der Waals surface area contributed by atoms with Crippen molar-refractivity contribution in [2.45, 2.75) is 44.2 Å². The highest BCUT2D eigenvalue weighted by Crippen LogP contribution is 2.15. The van der Waals surface area contributed by atoms with Gasteiger partial charge >= 0.3 is 0 Å².